The van der Waals surface area contributed by atoms with Crippen LogP contribution in [0.3, 0.4) is 0 Å². The number of carbonyl (C=O) groups is 2. The molecule has 0 aliphatic carbocycles. The van der Waals surface area contributed by atoms with E-state index in [4.69, 9.17) is 16.3 Å². The molecule has 7 heteroatoms. The Morgan fingerprint density at radius 1 is 1.24 bits per heavy atom. The van der Waals surface area contributed by atoms with Gasteiger partial charge < -0.3 is 19.9 Å². The van der Waals surface area contributed by atoms with E-state index >= 15 is 0 Å². The molecule has 29 heavy (non-hydrogen) atoms. The van der Waals surface area contributed by atoms with Crippen LogP contribution in [-0.4, -0.2) is 49.0 Å². The molecule has 1 heterocycles. The van der Waals surface area contributed by atoms with Crippen molar-refractivity contribution in [2.45, 2.75) is 19.4 Å². The lowest BCUT2D eigenvalue weighted by Crippen LogP contribution is -2.47. The largest absolute Gasteiger partial charge is 0.496 e. The van der Waals surface area contributed by atoms with Crippen LogP contribution in [-0.2, 0) is 11.3 Å². The smallest absolute Gasteiger partial charge is 0.321 e. The normalized spacial score (nSPS) is 16.2. The summed E-state index contributed by atoms with van der Waals surface area (Å²) in [5, 5.41) is 3.49. The topological polar surface area (TPSA) is 61.9 Å². The summed E-state index contributed by atoms with van der Waals surface area (Å²) in [5.41, 5.74) is 1.60. The summed E-state index contributed by atoms with van der Waals surface area (Å²) in [7, 11) is 3.37. The molecule has 1 aliphatic heterocycles. The van der Waals surface area contributed by atoms with Crippen LogP contribution in [0.4, 0.5) is 10.5 Å². The SMILES string of the molecule is COc1ccc(Cl)cc1CN(C)C(=O)[C@@H]1CCCN(C(=O)Nc2ccccc2)C1. The Balaban J connectivity index is 1.61. The Bertz CT molecular complexity index is 860. The Hall–Kier alpha value is -2.73. The van der Waals surface area contributed by atoms with Crippen molar-refractivity contribution in [2.24, 2.45) is 5.92 Å². The number of halogens is 1. The van der Waals surface area contributed by atoms with Gasteiger partial charge in [0.15, 0.2) is 0 Å². The van der Waals surface area contributed by atoms with Crippen LogP contribution >= 0.6 is 11.6 Å². The molecular formula is C22H26ClN3O3. The Morgan fingerprint density at radius 2 is 2.00 bits per heavy atom. The lowest BCUT2D eigenvalue weighted by Gasteiger charge is -2.34. The van der Waals surface area contributed by atoms with E-state index in [0.29, 0.717) is 30.4 Å². The molecule has 6 nitrogen and oxygen atoms in total. The van der Waals surface area contributed by atoms with Gasteiger partial charge in [-0.2, -0.15) is 0 Å². The van der Waals surface area contributed by atoms with E-state index in [1.54, 1.807) is 36.1 Å². The first-order chi connectivity index (χ1) is 14.0. The van der Waals surface area contributed by atoms with Crippen molar-refractivity contribution in [2.75, 3.05) is 32.6 Å². The number of carbonyl (C=O) groups excluding carboxylic acids is 2. The number of benzene rings is 2. The van der Waals surface area contributed by atoms with Gasteiger partial charge in [0.1, 0.15) is 5.75 Å². The maximum atomic E-state index is 13.0. The quantitative estimate of drug-likeness (QED) is 0.794. The predicted molar refractivity (Wildman–Crippen MR) is 114 cm³/mol. The monoisotopic (exact) mass is 415 g/mol. The molecule has 0 bridgehead atoms. The molecule has 3 amide bonds. The minimum atomic E-state index is -0.222. The molecule has 2 aromatic rings. The number of likely N-dealkylation sites (tertiary alicyclic amines) is 1. The first-order valence-corrected chi connectivity index (χ1v) is 10.0. The van der Waals surface area contributed by atoms with Gasteiger partial charge in [-0.05, 0) is 43.2 Å². The highest BCUT2D eigenvalue weighted by Crippen LogP contribution is 2.25. The second-order valence-corrected chi connectivity index (χ2v) is 7.67. The summed E-state index contributed by atoms with van der Waals surface area (Å²) >= 11 is 6.10. The number of methoxy groups -OCH3 is 1. The molecule has 154 valence electrons. The van der Waals surface area contributed by atoms with Gasteiger partial charge in [0.05, 0.1) is 13.0 Å². The fourth-order valence-electron chi connectivity index (χ4n) is 3.60. The number of piperidine rings is 1. The maximum Gasteiger partial charge on any atom is 0.321 e. The predicted octanol–water partition coefficient (Wildman–Crippen LogP) is 4.25. The number of hydrogen-bond acceptors (Lipinski definition) is 3. The van der Waals surface area contributed by atoms with Crippen LogP contribution in [0.1, 0.15) is 18.4 Å². The Kier molecular flexibility index (Phi) is 6.99. The number of urea groups is 1. The number of amides is 3. The van der Waals surface area contributed by atoms with E-state index in [1.807, 2.05) is 36.4 Å². The molecule has 1 aliphatic rings. The molecule has 0 spiro atoms. The zero-order valence-electron chi connectivity index (χ0n) is 16.7. The lowest BCUT2D eigenvalue weighted by molar-refractivity contribution is -0.136. The van der Waals surface area contributed by atoms with E-state index in [0.717, 1.165) is 24.1 Å². The van der Waals surface area contributed by atoms with Crippen LogP contribution in [0.15, 0.2) is 48.5 Å². The van der Waals surface area contributed by atoms with Crippen LogP contribution < -0.4 is 10.1 Å². The zero-order valence-corrected chi connectivity index (χ0v) is 17.5. The van der Waals surface area contributed by atoms with Gasteiger partial charge in [0.25, 0.3) is 0 Å². The number of para-hydroxylation sites is 1. The van der Waals surface area contributed by atoms with Gasteiger partial charge >= 0.3 is 6.03 Å². The number of rotatable bonds is 5. The van der Waals surface area contributed by atoms with E-state index < -0.39 is 0 Å². The first kappa shape index (κ1) is 21.0. The minimum Gasteiger partial charge on any atom is -0.496 e. The molecule has 0 radical (unpaired) electrons. The fourth-order valence-corrected chi connectivity index (χ4v) is 3.80. The van der Waals surface area contributed by atoms with Crippen LogP contribution in [0.5, 0.6) is 5.75 Å². The van der Waals surface area contributed by atoms with Gasteiger partial charge in [-0.15, -0.1) is 0 Å². The minimum absolute atomic E-state index is 0.0178. The van der Waals surface area contributed by atoms with Crippen LogP contribution in [0.2, 0.25) is 5.02 Å². The van der Waals surface area contributed by atoms with Crippen molar-refractivity contribution in [3.63, 3.8) is 0 Å². The molecule has 0 saturated carbocycles. The highest BCUT2D eigenvalue weighted by atomic mass is 35.5. The van der Waals surface area contributed by atoms with E-state index in [1.165, 1.54) is 0 Å². The standard InChI is InChI=1S/C22H26ClN3O3/c1-25(14-17-13-18(23)10-11-20(17)29-2)21(27)16-7-6-12-26(15-16)22(28)24-19-8-4-3-5-9-19/h3-5,8-11,13,16H,6-7,12,14-15H2,1-2H3,(H,24,28)/t16-/m1/s1. The summed E-state index contributed by atoms with van der Waals surface area (Å²) in [6.45, 7) is 1.46. The second kappa shape index (κ2) is 9.65. The first-order valence-electron chi connectivity index (χ1n) is 9.66. The Morgan fingerprint density at radius 3 is 2.72 bits per heavy atom. The molecule has 2 aromatic carbocycles. The fraction of sp³-hybridized carbons (Fsp3) is 0.364. The van der Waals surface area contributed by atoms with Crippen molar-refractivity contribution < 1.29 is 14.3 Å². The molecule has 3 rings (SSSR count). The van der Waals surface area contributed by atoms with Crippen molar-refractivity contribution >= 4 is 29.2 Å². The Labute approximate surface area is 176 Å². The van der Waals surface area contributed by atoms with Gasteiger partial charge in [-0.1, -0.05) is 29.8 Å². The molecule has 0 aromatic heterocycles. The highest BCUT2D eigenvalue weighted by Gasteiger charge is 2.30. The van der Waals surface area contributed by atoms with Crippen LogP contribution in [0.25, 0.3) is 0 Å². The summed E-state index contributed by atoms with van der Waals surface area (Å²) < 4.78 is 5.37. The van der Waals surface area contributed by atoms with Gasteiger partial charge in [-0.25, -0.2) is 4.79 Å². The van der Waals surface area contributed by atoms with E-state index in [-0.39, 0.29) is 17.9 Å². The molecule has 1 saturated heterocycles. The number of hydrogen-bond donors (Lipinski definition) is 1. The summed E-state index contributed by atoms with van der Waals surface area (Å²) in [6.07, 6.45) is 1.57. The third kappa shape index (κ3) is 5.41. The summed E-state index contributed by atoms with van der Waals surface area (Å²) in [5.74, 6) is 0.492. The third-order valence-electron chi connectivity index (χ3n) is 5.11. The van der Waals surface area contributed by atoms with E-state index in [2.05, 4.69) is 5.32 Å². The molecule has 1 fully saturated rings. The molecule has 1 N–H and O–H groups in total. The second-order valence-electron chi connectivity index (χ2n) is 7.23. The number of ether oxygens (including phenoxy) is 1. The van der Waals surface area contributed by atoms with Gasteiger partial charge in [0, 0.05) is 43.0 Å². The number of nitrogens with zero attached hydrogens (tertiary/aromatic N) is 2. The summed E-state index contributed by atoms with van der Waals surface area (Å²) in [4.78, 5) is 29.0. The lowest BCUT2D eigenvalue weighted by atomic mass is 9.96. The maximum absolute atomic E-state index is 13.0. The van der Waals surface area contributed by atoms with Crippen molar-refractivity contribution in [3.8, 4) is 5.75 Å². The zero-order chi connectivity index (χ0) is 20.8. The van der Waals surface area contributed by atoms with E-state index in [9.17, 15) is 9.59 Å². The van der Waals surface area contributed by atoms with Crippen LogP contribution in [0, 0.1) is 5.92 Å². The van der Waals surface area contributed by atoms with Crippen molar-refractivity contribution in [1.82, 2.24) is 9.80 Å². The molecule has 1 atom stereocenters. The average Bonchev–Trinajstić information content (AvgIpc) is 2.74. The molecule has 0 unspecified atom stereocenters. The van der Waals surface area contributed by atoms with Gasteiger partial charge in [0.2, 0.25) is 5.91 Å². The average molecular weight is 416 g/mol. The highest BCUT2D eigenvalue weighted by molar-refractivity contribution is 6.30. The molecular weight excluding hydrogens is 390 g/mol. The summed E-state index contributed by atoms with van der Waals surface area (Å²) in [6, 6.07) is 14.5. The van der Waals surface area contributed by atoms with Gasteiger partial charge in [-0.3, -0.25) is 4.79 Å². The van der Waals surface area contributed by atoms with Crippen molar-refractivity contribution in [1.29, 1.82) is 0 Å². The number of anilines is 1. The third-order valence-corrected chi connectivity index (χ3v) is 5.34. The van der Waals surface area contributed by atoms with Crippen molar-refractivity contribution in [3.05, 3.63) is 59.1 Å². The number of nitrogens with one attached hydrogen (secondary N) is 1.